The summed E-state index contributed by atoms with van der Waals surface area (Å²) in [7, 11) is 0. The second-order valence-corrected chi connectivity index (χ2v) is 13.5. The highest BCUT2D eigenvalue weighted by Gasteiger charge is 2.51. The largest absolute Gasteiger partial charge is 0.276 e. The van der Waals surface area contributed by atoms with Crippen LogP contribution in [0.25, 0.3) is 39.0 Å². The van der Waals surface area contributed by atoms with Crippen molar-refractivity contribution in [2.45, 2.75) is 17.9 Å². The minimum absolute atomic E-state index is 0.0878. The topological polar surface area (TPSA) is 12.4 Å². The van der Waals surface area contributed by atoms with E-state index in [0.717, 1.165) is 17.7 Å². The van der Waals surface area contributed by atoms with Crippen LogP contribution < -0.4 is 0 Å². The average molecular weight is 636 g/mol. The summed E-state index contributed by atoms with van der Waals surface area (Å²) in [5.74, 6) is 0. The van der Waals surface area contributed by atoms with E-state index in [4.69, 9.17) is 4.99 Å². The molecule has 3 aliphatic rings. The molecule has 10 rings (SSSR count). The van der Waals surface area contributed by atoms with Crippen molar-refractivity contribution in [2.24, 2.45) is 4.99 Å². The summed E-state index contributed by atoms with van der Waals surface area (Å²) in [5, 5.41) is 0. The Morgan fingerprint density at radius 3 is 1.56 bits per heavy atom. The molecule has 0 aromatic heterocycles. The normalized spacial score (nSPS) is 16.1. The molecule has 0 saturated heterocycles. The second-order valence-electron chi connectivity index (χ2n) is 13.5. The standard InChI is InChI=1S/C49H33N/c1-3-15-33(16-4-1)35-28-30-47(34-17-5-2-6-18-34)50-48(32-35)42-23-8-7-19-37(42)36-27-29-41-40-22-11-14-26-45(40)49(46(41)31-36)43-24-12-9-20-38(43)39-21-10-13-25-44(39)49/h1-27,29-31,48H,32H2. The van der Waals surface area contributed by atoms with E-state index in [-0.39, 0.29) is 11.5 Å². The maximum atomic E-state index is 5.49. The van der Waals surface area contributed by atoms with E-state index in [1.807, 2.05) is 0 Å². The van der Waals surface area contributed by atoms with Crippen molar-refractivity contribution in [3.8, 4) is 33.4 Å². The summed E-state index contributed by atoms with van der Waals surface area (Å²) >= 11 is 0. The van der Waals surface area contributed by atoms with E-state index in [0.29, 0.717) is 0 Å². The van der Waals surface area contributed by atoms with Crippen LogP contribution in [0.15, 0.2) is 193 Å². The molecule has 7 aromatic rings. The first kappa shape index (κ1) is 28.7. The lowest BCUT2D eigenvalue weighted by molar-refractivity contribution is 0.758. The summed E-state index contributed by atoms with van der Waals surface area (Å²) in [4.78, 5) is 5.49. The van der Waals surface area contributed by atoms with Crippen LogP contribution in [0.1, 0.15) is 51.4 Å². The number of hydrogen-bond donors (Lipinski definition) is 0. The van der Waals surface area contributed by atoms with Gasteiger partial charge in [-0.2, -0.15) is 0 Å². The van der Waals surface area contributed by atoms with Crippen molar-refractivity contribution in [2.75, 3.05) is 0 Å². The molecule has 234 valence electrons. The van der Waals surface area contributed by atoms with Gasteiger partial charge in [-0.25, -0.2) is 0 Å². The van der Waals surface area contributed by atoms with Gasteiger partial charge in [0.1, 0.15) is 0 Å². The molecule has 0 saturated carbocycles. The van der Waals surface area contributed by atoms with Gasteiger partial charge in [-0.15, -0.1) is 5.73 Å². The number of hydrogen-bond acceptors (Lipinski definition) is 1. The molecule has 0 bridgehead atoms. The lowest BCUT2D eigenvalue weighted by atomic mass is 9.70. The quantitative estimate of drug-likeness (QED) is 0.171. The van der Waals surface area contributed by atoms with Crippen molar-refractivity contribution < 1.29 is 0 Å². The van der Waals surface area contributed by atoms with Gasteiger partial charge >= 0.3 is 0 Å². The first-order valence-corrected chi connectivity index (χ1v) is 17.5. The molecule has 50 heavy (non-hydrogen) atoms. The fourth-order valence-electron chi connectivity index (χ4n) is 8.76. The van der Waals surface area contributed by atoms with E-state index >= 15 is 0 Å². The number of rotatable bonds is 4. The highest BCUT2D eigenvalue weighted by atomic mass is 14.8. The zero-order valence-electron chi connectivity index (χ0n) is 27.6. The minimum atomic E-state index is -0.377. The van der Waals surface area contributed by atoms with Gasteiger partial charge in [0, 0.05) is 23.6 Å². The number of nitrogens with zero attached hydrogens (tertiary/aromatic N) is 1. The van der Waals surface area contributed by atoms with Crippen molar-refractivity contribution in [3.05, 3.63) is 227 Å². The molecule has 1 unspecified atom stereocenters. The molecule has 0 fully saturated rings. The van der Waals surface area contributed by atoms with Gasteiger partial charge in [0.05, 0.1) is 17.2 Å². The lowest BCUT2D eigenvalue weighted by Gasteiger charge is -2.30. The second kappa shape index (κ2) is 11.4. The summed E-state index contributed by atoms with van der Waals surface area (Å²) in [6.07, 6.45) is 2.83. The monoisotopic (exact) mass is 635 g/mol. The summed E-state index contributed by atoms with van der Waals surface area (Å²) in [6.45, 7) is 0. The fraction of sp³-hybridized carbons (Fsp3) is 0.0612. The van der Waals surface area contributed by atoms with Gasteiger partial charge in [0.15, 0.2) is 0 Å². The Kier molecular flexibility index (Phi) is 6.56. The summed E-state index contributed by atoms with van der Waals surface area (Å²) < 4.78 is 0. The van der Waals surface area contributed by atoms with Gasteiger partial charge in [-0.05, 0) is 72.8 Å². The molecule has 1 spiro atoms. The molecular weight excluding hydrogens is 603 g/mol. The summed E-state index contributed by atoms with van der Waals surface area (Å²) in [6, 6.07) is 64.2. The Labute approximate surface area is 293 Å². The zero-order chi connectivity index (χ0) is 33.1. The first-order chi connectivity index (χ1) is 24.8. The van der Waals surface area contributed by atoms with Crippen LogP contribution in [-0.4, -0.2) is 5.71 Å². The average Bonchev–Trinajstić information content (AvgIpc) is 3.53. The van der Waals surface area contributed by atoms with Crippen LogP contribution in [0.2, 0.25) is 0 Å². The van der Waals surface area contributed by atoms with Crippen LogP contribution in [-0.2, 0) is 5.41 Å². The Bertz CT molecular complexity index is 2480. The number of aliphatic imine (C=N–C) groups is 1. The van der Waals surface area contributed by atoms with E-state index in [9.17, 15) is 0 Å². The number of benzene rings is 7. The van der Waals surface area contributed by atoms with Crippen molar-refractivity contribution >= 4 is 11.3 Å². The highest BCUT2D eigenvalue weighted by Crippen LogP contribution is 2.63. The molecular formula is C49H33N. The van der Waals surface area contributed by atoms with Gasteiger partial charge in [-0.1, -0.05) is 170 Å². The fourth-order valence-corrected chi connectivity index (χ4v) is 8.76. The lowest BCUT2D eigenvalue weighted by Crippen LogP contribution is -2.25. The molecule has 1 atom stereocenters. The van der Waals surface area contributed by atoms with Crippen LogP contribution in [0.4, 0.5) is 0 Å². The van der Waals surface area contributed by atoms with E-state index in [1.54, 1.807) is 0 Å². The molecule has 2 aliphatic carbocycles. The van der Waals surface area contributed by atoms with Crippen molar-refractivity contribution in [1.29, 1.82) is 0 Å². The van der Waals surface area contributed by atoms with Crippen LogP contribution in [0.3, 0.4) is 0 Å². The molecule has 1 aliphatic heterocycles. The Morgan fingerprint density at radius 1 is 0.440 bits per heavy atom. The maximum Gasteiger partial charge on any atom is 0.0809 e. The third-order valence-corrected chi connectivity index (χ3v) is 10.9. The van der Waals surface area contributed by atoms with E-state index < -0.39 is 0 Å². The third-order valence-electron chi connectivity index (χ3n) is 10.9. The van der Waals surface area contributed by atoms with Gasteiger partial charge in [-0.3, -0.25) is 4.99 Å². The number of fused-ring (bicyclic) bond motifs is 10. The Hall–Kier alpha value is -6.27. The molecule has 1 nitrogen and oxygen atoms in total. The smallest absolute Gasteiger partial charge is 0.0809 e. The molecule has 7 aromatic carbocycles. The van der Waals surface area contributed by atoms with Crippen LogP contribution in [0.5, 0.6) is 0 Å². The third kappa shape index (κ3) is 4.24. The maximum absolute atomic E-state index is 5.49. The van der Waals surface area contributed by atoms with Crippen molar-refractivity contribution in [1.82, 2.24) is 0 Å². The predicted octanol–water partition coefficient (Wildman–Crippen LogP) is 11.9. The summed E-state index contributed by atoms with van der Waals surface area (Å²) in [5.41, 5.74) is 22.1. The molecule has 0 radical (unpaired) electrons. The Balaban J connectivity index is 1.18. The molecule has 1 heterocycles. The van der Waals surface area contributed by atoms with Crippen LogP contribution >= 0.6 is 0 Å². The zero-order valence-corrected chi connectivity index (χ0v) is 27.6. The van der Waals surface area contributed by atoms with Crippen LogP contribution in [0, 0.1) is 0 Å². The highest BCUT2D eigenvalue weighted by molar-refractivity contribution is 6.09. The molecule has 0 amide bonds. The Morgan fingerprint density at radius 2 is 0.940 bits per heavy atom. The molecule has 1 heteroatoms. The first-order valence-electron chi connectivity index (χ1n) is 17.5. The van der Waals surface area contributed by atoms with E-state index in [2.05, 4.69) is 188 Å². The predicted molar refractivity (Wildman–Crippen MR) is 206 cm³/mol. The van der Waals surface area contributed by atoms with Crippen molar-refractivity contribution in [3.63, 3.8) is 0 Å². The minimum Gasteiger partial charge on any atom is -0.276 e. The van der Waals surface area contributed by atoms with Gasteiger partial charge < -0.3 is 0 Å². The SMILES string of the molecule is C1=CC(c2ccccc2)=NC(c2ccccc2-c2ccc3c(c2)C2(c4ccccc4-c4ccccc42)c2ccccc2-3)CC=1c1ccccc1. The molecule has 0 N–H and O–H groups in total. The van der Waals surface area contributed by atoms with E-state index in [1.165, 1.54) is 72.3 Å². The van der Waals surface area contributed by atoms with Gasteiger partial charge in [0.25, 0.3) is 0 Å². The van der Waals surface area contributed by atoms with Gasteiger partial charge in [0.2, 0.25) is 0 Å².